The number of alkyl halides is 6. The predicted molar refractivity (Wildman–Crippen MR) is 115 cm³/mol. The van der Waals surface area contributed by atoms with Crippen LogP contribution in [0.4, 0.5) is 26.3 Å². The number of nitrogens with zero attached hydrogens (tertiary/aromatic N) is 3. The molecule has 3 aromatic rings. The lowest BCUT2D eigenvalue weighted by Crippen LogP contribution is -2.35. The van der Waals surface area contributed by atoms with E-state index in [0.717, 1.165) is 22.8 Å². The summed E-state index contributed by atoms with van der Waals surface area (Å²) >= 11 is 5.83. The summed E-state index contributed by atoms with van der Waals surface area (Å²) in [6, 6.07) is 8.93. The first-order valence-corrected chi connectivity index (χ1v) is 10.4. The third-order valence-electron chi connectivity index (χ3n) is 4.89. The van der Waals surface area contributed by atoms with Gasteiger partial charge in [0.15, 0.2) is 5.82 Å². The Balaban J connectivity index is 1.83. The molecule has 35 heavy (non-hydrogen) atoms. The van der Waals surface area contributed by atoms with E-state index in [4.69, 9.17) is 11.6 Å². The van der Waals surface area contributed by atoms with Gasteiger partial charge in [0, 0.05) is 17.1 Å². The lowest BCUT2D eigenvalue weighted by Gasteiger charge is -2.16. The van der Waals surface area contributed by atoms with Crippen molar-refractivity contribution < 1.29 is 31.1 Å². The van der Waals surface area contributed by atoms with E-state index in [1.807, 2.05) is 0 Å². The maximum absolute atomic E-state index is 12.9. The molecule has 0 aliphatic rings. The zero-order valence-electron chi connectivity index (χ0n) is 17.8. The summed E-state index contributed by atoms with van der Waals surface area (Å²) in [5.41, 5.74) is -1.52. The molecule has 13 heteroatoms. The van der Waals surface area contributed by atoms with E-state index in [1.54, 1.807) is 0 Å². The number of nitrogens with one attached hydrogen (secondary N) is 1. The average Bonchev–Trinajstić information content (AvgIpc) is 3.06. The van der Waals surface area contributed by atoms with Crippen LogP contribution in [0.2, 0.25) is 5.02 Å². The van der Waals surface area contributed by atoms with Crippen molar-refractivity contribution in [2.75, 3.05) is 0 Å². The van der Waals surface area contributed by atoms with E-state index in [0.29, 0.717) is 15.3 Å². The molecule has 0 bridgehead atoms. The molecule has 1 N–H and O–H groups in total. The first-order valence-electron chi connectivity index (χ1n) is 10.0. The zero-order chi connectivity index (χ0) is 26.0. The van der Waals surface area contributed by atoms with Gasteiger partial charge in [-0.1, -0.05) is 23.7 Å². The van der Waals surface area contributed by atoms with E-state index in [2.05, 4.69) is 17.3 Å². The van der Waals surface area contributed by atoms with E-state index in [-0.39, 0.29) is 11.4 Å². The van der Waals surface area contributed by atoms with Crippen LogP contribution in [0.25, 0.3) is 11.4 Å². The molecule has 0 fully saturated rings. The Kier molecular flexibility index (Phi) is 7.63. The molecular weight excluding hydrogens is 502 g/mol. The number of hydrogen-bond acceptors (Lipinski definition) is 3. The largest absolute Gasteiger partial charge is 0.416 e. The molecule has 1 atom stereocenters. The van der Waals surface area contributed by atoms with Crippen molar-refractivity contribution in [1.82, 2.24) is 19.7 Å². The van der Waals surface area contributed by atoms with Gasteiger partial charge in [0.1, 0.15) is 6.54 Å². The van der Waals surface area contributed by atoms with Crippen LogP contribution in [0.15, 0.2) is 53.3 Å². The molecule has 1 aromatic heterocycles. The normalized spacial score (nSPS) is 13.0. The molecule has 3 rings (SSSR count). The molecule has 1 radical (unpaired) electrons. The van der Waals surface area contributed by atoms with E-state index >= 15 is 0 Å². The Morgan fingerprint density at radius 3 is 2.34 bits per heavy atom. The summed E-state index contributed by atoms with van der Waals surface area (Å²) in [6.45, 7) is 2.20. The number of amides is 1. The van der Waals surface area contributed by atoms with Crippen LogP contribution in [0, 0.1) is 6.92 Å². The summed E-state index contributed by atoms with van der Waals surface area (Å²) < 4.78 is 78.6. The van der Waals surface area contributed by atoms with Crippen molar-refractivity contribution in [1.29, 1.82) is 0 Å². The van der Waals surface area contributed by atoms with Crippen molar-refractivity contribution >= 4 is 17.5 Å². The first-order chi connectivity index (χ1) is 16.2. The van der Waals surface area contributed by atoms with Gasteiger partial charge in [0.2, 0.25) is 5.91 Å². The van der Waals surface area contributed by atoms with Crippen molar-refractivity contribution in [2.45, 2.75) is 37.9 Å². The fourth-order valence-electron chi connectivity index (χ4n) is 3.19. The summed E-state index contributed by atoms with van der Waals surface area (Å²) in [7, 11) is 0. The topological polar surface area (TPSA) is 68.9 Å². The Hall–Kier alpha value is -3.28. The highest BCUT2D eigenvalue weighted by atomic mass is 35.5. The second-order valence-electron chi connectivity index (χ2n) is 7.53. The maximum atomic E-state index is 12.9. The number of benzene rings is 2. The van der Waals surface area contributed by atoms with Crippen LogP contribution in [-0.2, 0) is 24.1 Å². The fourth-order valence-corrected chi connectivity index (χ4v) is 3.31. The Morgan fingerprint density at radius 1 is 1.09 bits per heavy atom. The van der Waals surface area contributed by atoms with Crippen LogP contribution in [-0.4, -0.2) is 26.4 Å². The quantitative estimate of drug-likeness (QED) is 0.445. The van der Waals surface area contributed by atoms with Crippen molar-refractivity contribution in [3.63, 3.8) is 0 Å². The van der Waals surface area contributed by atoms with Crippen LogP contribution in [0.1, 0.15) is 23.6 Å². The van der Waals surface area contributed by atoms with Gasteiger partial charge in [-0.25, -0.2) is 9.48 Å². The molecule has 1 heterocycles. The first kappa shape index (κ1) is 26.3. The van der Waals surface area contributed by atoms with Gasteiger partial charge in [0.05, 0.1) is 18.0 Å². The summed E-state index contributed by atoms with van der Waals surface area (Å²) in [4.78, 5) is 25.2. The van der Waals surface area contributed by atoms with E-state index < -0.39 is 55.1 Å². The predicted octanol–water partition coefficient (Wildman–Crippen LogP) is 5.03. The minimum Gasteiger partial charge on any atom is -0.348 e. The minimum atomic E-state index is -4.59. The van der Waals surface area contributed by atoms with Gasteiger partial charge >= 0.3 is 18.0 Å². The summed E-state index contributed by atoms with van der Waals surface area (Å²) in [6.07, 6.45) is -10.4. The number of halogens is 7. The van der Waals surface area contributed by atoms with Crippen molar-refractivity contribution in [2.24, 2.45) is 0 Å². The van der Waals surface area contributed by atoms with E-state index in [1.165, 1.54) is 30.3 Å². The van der Waals surface area contributed by atoms with Crippen molar-refractivity contribution in [3.8, 4) is 11.4 Å². The van der Waals surface area contributed by atoms with Crippen LogP contribution < -0.4 is 11.0 Å². The number of carbonyl (C=O) groups excluding carboxylic acids is 1. The summed E-state index contributed by atoms with van der Waals surface area (Å²) in [5.74, 6) is -0.930. The lowest BCUT2D eigenvalue weighted by molar-refractivity contribution is -0.138. The van der Waals surface area contributed by atoms with Gasteiger partial charge in [-0.2, -0.15) is 26.3 Å². The third kappa shape index (κ3) is 6.87. The fraction of sp³-hybridized carbons (Fsp3) is 0.273. The van der Waals surface area contributed by atoms with Crippen LogP contribution >= 0.6 is 11.6 Å². The SMILES string of the molecule is [CH2]C(NC(=O)Cn1nc(-c2ccc(Cl)cc2)n(CCC(F)(F)F)c1=O)c1cccc(C(F)(F)F)c1. The smallest absolute Gasteiger partial charge is 0.348 e. The second-order valence-corrected chi connectivity index (χ2v) is 7.97. The highest BCUT2D eigenvalue weighted by molar-refractivity contribution is 6.30. The molecule has 187 valence electrons. The molecular formula is C22H18ClF6N4O2. The highest BCUT2D eigenvalue weighted by Gasteiger charge is 2.31. The Bertz CT molecular complexity index is 1250. The maximum Gasteiger partial charge on any atom is 0.416 e. The molecule has 1 unspecified atom stereocenters. The van der Waals surface area contributed by atoms with Gasteiger partial charge < -0.3 is 5.32 Å². The zero-order valence-corrected chi connectivity index (χ0v) is 18.6. The van der Waals surface area contributed by atoms with Crippen LogP contribution in [0.3, 0.4) is 0 Å². The van der Waals surface area contributed by atoms with Gasteiger partial charge in [-0.3, -0.25) is 9.36 Å². The van der Waals surface area contributed by atoms with Gasteiger partial charge in [-0.05, 0) is 48.9 Å². The molecule has 2 aromatic carbocycles. The second kappa shape index (κ2) is 10.1. The molecule has 0 saturated heterocycles. The number of hydrogen-bond donors (Lipinski definition) is 1. The number of aromatic nitrogens is 3. The molecule has 0 aliphatic heterocycles. The number of carbonyl (C=O) groups is 1. The van der Waals surface area contributed by atoms with Gasteiger partial charge in [0.25, 0.3) is 0 Å². The van der Waals surface area contributed by atoms with Crippen LogP contribution in [0.5, 0.6) is 0 Å². The standard InChI is InChI=1S/C22H18ClF6N4O2/c1-13(15-3-2-4-16(11-15)22(27,28)29)30-18(34)12-33-20(35)32(10-9-21(24,25)26)19(31-33)14-5-7-17(23)8-6-14/h2-8,11,13H,1,9-10,12H2,(H,30,34). The Labute approximate surface area is 200 Å². The number of rotatable bonds is 7. The molecule has 6 nitrogen and oxygen atoms in total. The Morgan fingerprint density at radius 2 is 1.74 bits per heavy atom. The minimum absolute atomic E-state index is 0.0677. The van der Waals surface area contributed by atoms with Gasteiger partial charge in [-0.15, -0.1) is 5.10 Å². The monoisotopic (exact) mass is 519 g/mol. The van der Waals surface area contributed by atoms with E-state index in [9.17, 15) is 35.9 Å². The average molecular weight is 520 g/mol. The molecule has 0 aliphatic carbocycles. The molecule has 1 amide bonds. The van der Waals surface area contributed by atoms with Crippen molar-refractivity contribution in [3.05, 3.63) is 82.1 Å². The molecule has 0 spiro atoms. The molecule has 0 saturated carbocycles. The lowest BCUT2D eigenvalue weighted by atomic mass is 10.0. The third-order valence-corrected chi connectivity index (χ3v) is 5.14. The summed E-state index contributed by atoms with van der Waals surface area (Å²) in [5, 5.41) is 6.72. The highest BCUT2D eigenvalue weighted by Crippen LogP contribution is 2.30.